The zero-order chi connectivity index (χ0) is 13.3. The molecule has 0 bridgehead atoms. The molecule has 0 radical (unpaired) electrons. The molecule has 0 spiro atoms. The summed E-state index contributed by atoms with van der Waals surface area (Å²) in [6.45, 7) is 0. The number of rotatable bonds is 2. The average molecular weight is 268 g/mol. The summed E-state index contributed by atoms with van der Waals surface area (Å²) in [4.78, 5) is 9.84. The SMILES string of the molecule is N#CC(C#N)c1ccc([N+](=O)[O-])c2c1no[n+]2[O-].[Na+]. The van der Waals surface area contributed by atoms with Crippen LogP contribution in [-0.4, -0.2) is 10.1 Å². The number of aromatic nitrogens is 2. The smallest absolute Gasteiger partial charge is 0.359 e. The van der Waals surface area contributed by atoms with E-state index in [4.69, 9.17) is 10.5 Å². The number of fused-ring (bicyclic) bond motifs is 1. The van der Waals surface area contributed by atoms with Crippen LogP contribution < -0.4 is 34.5 Å². The van der Waals surface area contributed by atoms with Crippen LogP contribution in [0.1, 0.15) is 11.5 Å². The molecule has 2 aromatic rings. The fourth-order valence-corrected chi connectivity index (χ4v) is 1.53. The molecule has 9 nitrogen and oxygen atoms in total. The number of hydrogen-bond donors (Lipinski definition) is 0. The molecule has 1 heterocycles. The standard InChI is InChI=1S/C9H3N5O4.Na/c10-3-5(4-11)6-1-2-7(13(15)16)9-8(6)12-18-14(9)17;/h1-2,5H;/q;+1. The maximum absolute atomic E-state index is 11.3. The second-order valence-electron chi connectivity index (χ2n) is 3.25. The number of nitriles is 2. The van der Waals surface area contributed by atoms with Crippen molar-refractivity contribution in [2.75, 3.05) is 0 Å². The predicted molar refractivity (Wildman–Crippen MR) is 53.6 cm³/mol. The monoisotopic (exact) mass is 268 g/mol. The van der Waals surface area contributed by atoms with Gasteiger partial charge >= 0.3 is 40.8 Å². The van der Waals surface area contributed by atoms with Gasteiger partial charge < -0.3 is 5.21 Å². The van der Waals surface area contributed by atoms with Crippen LogP contribution in [0.25, 0.3) is 11.0 Å². The number of nitro groups is 1. The Hall–Kier alpha value is -2.20. The Bertz CT molecular complexity index is 715. The topological polar surface area (TPSA) is 144 Å². The van der Waals surface area contributed by atoms with Gasteiger partial charge in [-0.1, -0.05) is 0 Å². The average Bonchev–Trinajstić information content (AvgIpc) is 2.73. The number of nitro benzene ring substituents is 1. The van der Waals surface area contributed by atoms with Crippen molar-refractivity contribution in [3.8, 4) is 12.1 Å². The number of hydrogen-bond acceptors (Lipinski definition) is 7. The van der Waals surface area contributed by atoms with Gasteiger partial charge in [0.25, 0.3) is 5.52 Å². The Balaban J connectivity index is 0.00000180. The van der Waals surface area contributed by atoms with Crippen LogP contribution in [0.3, 0.4) is 0 Å². The number of nitrogens with zero attached hydrogens (tertiary/aromatic N) is 5. The Morgan fingerprint density at radius 2 is 2.05 bits per heavy atom. The molecule has 0 atom stereocenters. The van der Waals surface area contributed by atoms with Gasteiger partial charge in [0.15, 0.2) is 5.92 Å². The molecule has 1 aromatic heterocycles. The van der Waals surface area contributed by atoms with Crippen molar-refractivity contribution >= 4 is 16.7 Å². The second-order valence-corrected chi connectivity index (χ2v) is 3.25. The molecule has 0 N–H and O–H groups in total. The van der Waals surface area contributed by atoms with Crippen LogP contribution in [0.2, 0.25) is 0 Å². The molecule has 0 aliphatic heterocycles. The fourth-order valence-electron chi connectivity index (χ4n) is 1.53. The number of benzene rings is 1. The Morgan fingerprint density at radius 1 is 1.42 bits per heavy atom. The first-order valence-corrected chi connectivity index (χ1v) is 4.56. The van der Waals surface area contributed by atoms with Gasteiger partial charge in [0.1, 0.15) is 0 Å². The molecule has 0 unspecified atom stereocenters. The summed E-state index contributed by atoms with van der Waals surface area (Å²) < 4.78 is 4.27. The van der Waals surface area contributed by atoms with Crippen molar-refractivity contribution in [3.05, 3.63) is 33.0 Å². The van der Waals surface area contributed by atoms with Crippen LogP contribution in [0, 0.1) is 38.0 Å². The summed E-state index contributed by atoms with van der Waals surface area (Å²) in [6, 6.07) is 5.63. The van der Waals surface area contributed by atoms with Crippen molar-refractivity contribution in [1.82, 2.24) is 5.16 Å². The first-order chi connectivity index (χ1) is 8.60. The summed E-state index contributed by atoms with van der Waals surface area (Å²) in [5.41, 5.74) is -0.973. The first kappa shape index (κ1) is 14.9. The van der Waals surface area contributed by atoms with Gasteiger partial charge in [-0.15, -0.1) is 0 Å². The molecule has 0 saturated heterocycles. The van der Waals surface area contributed by atoms with E-state index in [1.54, 1.807) is 12.1 Å². The van der Waals surface area contributed by atoms with Gasteiger partial charge in [-0.05, 0) is 11.0 Å². The zero-order valence-electron chi connectivity index (χ0n) is 9.60. The van der Waals surface area contributed by atoms with Crippen LogP contribution in [0.5, 0.6) is 0 Å². The van der Waals surface area contributed by atoms with Crippen molar-refractivity contribution in [1.29, 1.82) is 10.5 Å². The molecule has 2 rings (SSSR count). The third kappa shape index (κ3) is 2.35. The van der Waals surface area contributed by atoms with Crippen molar-refractivity contribution in [3.63, 3.8) is 0 Å². The van der Waals surface area contributed by atoms with E-state index in [-0.39, 0.29) is 45.5 Å². The van der Waals surface area contributed by atoms with Gasteiger partial charge in [-0.25, -0.2) is 0 Å². The van der Waals surface area contributed by atoms with Gasteiger partial charge in [-0.2, -0.15) is 10.5 Å². The summed E-state index contributed by atoms with van der Waals surface area (Å²) in [6.07, 6.45) is 0. The minimum atomic E-state index is -1.18. The van der Waals surface area contributed by atoms with E-state index in [0.29, 0.717) is 0 Å². The normalized spacial score (nSPS) is 9.63. The molecule has 0 saturated carbocycles. The van der Waals surface area contributed by atoms with Crippen molar-refractivity contribution < 1.29 is 44.0 Å². The van der Waals surface area contributed by atoms with Crippen LogP contribution in [0.4, 0.5) is 5.69 Å². The Kier molecular flexibility index (Phi) is 4.40. The van der Waals surface area contributed by atoms with E-state index in [1.165, 1.54) is 6.07 Å². The molecule has 0 amide bonds. The minimum absolute atomic E-state index is 0. The van der Waals surface area contributed by atoms with E-state index in [9.17, 15) is 15.3 Å². The Labute approximate surface area is 127 Å². The third-order valence-corrected chi connectivity index (χ3v) is 2.32. The molecule has 19 heavy (non-hydrogen) atoms. The summed E-state index contributed by atoms with van der Waals surface area (Å²) in [5.74, 6) is -1.18. The van der Waals surface area contributed by atoms with Crippen LogP contribution in [-0.2, 0) is 0 Å². The van der Waals surface area contributed by atoms with Crippen LogP contribution in [0.15, 0.2) is 16.8 Å². The van der Waals surface area contributed by atoms with E-state index in [1.807, 2.05) is 0 Å². The van der Waals surface area contributed by atoms with E-state index >= 15 is 0 Å². The molecule has 0 aliphatic carbocycles. The summed E-state index contributed by atoms with van der Waals surface area (Å²) >= 11 is 0. The third-order valence-electron chi connectivity index (χ3n) is 2.32. The first-order valence-electron chi connectivity index (χ1n) is 4.56. The molecule has 0 aliphatic rings. The van der Waals surface area contributed by atoms with Crippen molar-refractivity contribution in [2.24, 2.45) is 0 Å². The van der Waals surface area contributed by atoms with Crippen molar-refractivity contribution in [2.45, 2.75) is 5.92 Å². The molecular weight excluding hydrogens is 265 g/mol. The van der Waals surface area contributed by atoms with E-state index in [0.717, 1.165) is 6.07 Å². The zero-order valence-corrected chi connectivity index (χ0v) is 11.6. The molecule has 10 heteroatoms. The second kappa shape index (κ2) is 5.63. The van der Waals surface area contributed by atoms with Crippen LogP contribution >= 0.6 is 0 Å². The van der Waals surface area contributed by atoms with Gasteiger partial charge in [-0.3, -0.25) is 14.7 Å². The largest absolute Gasteiger partial charge is 1.00 e. The molecule has 1 aromatic carbocycles. The maximum atomic E-state index is 11.3. The molecule has 88 valence electrons. The van der Waals surface area contributed by atoms with E-state index < -0.39 is 22.0 Å². The summed E-state index contributed by atoms with van der Waals surface area (Å²) in [5, 5.41) is 42.9. The quantitative estimate of drug-likeness (QED) is 0.253. The minimum Gasteiger partial charge on any atom is -0.359 e. The van der Waals surface area contributed by atoms with Gasteiger partial charge in [0, 0.05) is 16.8 Å². The van der Waals surface area contributed by atoms with Gasteiger partial charge in [0.05, 0.1) is 17.1 Å². The summed E-state index contributed by atoms with van der Waals surface area (Å²) in [7, 11) is 0. The Morgan fingerprint density at radius 3 is 2.58 bits per heavy atom. The van der Waals surface area contributed by atoms with E-state index in [2.05, 4.69) is 9.79 Å². The molecular formula is C9H3N5NaO4+. The number of non-ortho nitro benzene ring substituents is 1. The maximum Gasteiger partial charge on any atom is 1.00 e. The molecule has 0 fully saturated rings. The predicted octanol–water partition coefficient (Wildman–Crippen LogP) is -2.50. The fraction of sp³-hybridized carbons (Fsp3) is 0.111. The van der Waals surface area contributed by atoms with Gasteiger partial charge in [0.2, 0.25) is 0 Å².